The molecule has 0 aliphatic heterocycles. The molecule has 0 saturated carbocycles. The third kappa shape index (κ3) is 3.50. The Bertz CT molecular complexity index is 346. The molecule has 1 aromatic rings. The molecule has 0 fully saturated rings. The Morgan fingerprint density at radius 1 is 1.67 bits per heavy atom. The van der Waals surface area contributed by atoms with Crippen LogP contribution in [0, 0.1) is 0 Å². The van der Waals surface area contributed by atoms with Crippen LogP contribution in [0.3, 0.4) is 0 Å². The highest BCUT2D eigenvalue weighted by molar-refractivity contribution is 9.10. The van der Waals surface area contributed by atoms with Crippen LogP contribution in [0.2, 0.25) is 0 Å². The van der Waals surface area contributed by atoms with Crippen LogP contribution in [0.5, 0.6) is 0 Å². The van der Waals surface area contributed by atoms with Gasteiger partial charge in [0.1, 0.15) is 5.69 Å². The van der Waals surface area contributed by atoms with E-state index in [1.807, 2.05) is 12.3 Å². The standard InChI is InChI=1S/C10H13BrN2OS/c1-13(6-7-15-2)10(14)9-8(11)4-3-5-12-9/h3-5H,6-7H2,1-2H3. The molecule has 1 rings (SSSR count). The molecule has 0 radical (unpaired) electrons. The maximum atomic E-state index is 11.9. The molecule has 0 saturated heterocycles. The van der Waals surface area contributed by atoms with Gasteiger partial charge in [0.05, 0.1) is 0 Å². The van der Waals surface area contributed by atoms with Gasteiger partial charge in [-0.15, -0.1) is 0 Å². The van der Waals surface area contributed by atoms with Crippen molar-refractivity contribution in [2.45, 2.75) is 0 Å². The minimum Gasteiger partial charge on any atom is -0.340 e. The van der Waals surface area contributed by atoms with Crippen molar-refractivity contribution in [3.63, 3.8) is 0 Å². The predicted octanol–water partition coefficient (Wildman–Crippen LogP) is 2.28. The van der Waals surface area contributed by atoms with Gasteiger partial charge in [-0.1, -0.05) is 0 Å². The summed E-state index contributed by atoms with van der Waals surface area (Å²) in [4.78, 5) is 17.6. The van der Waals surface area contributed by atoms with Gasteiger partial charge in [0, 0.05) is 30.0 Å². The zero-order chi connectivity index (χ0) is 11.3. The summed E-state index contributed by atoms with van der Waals surface area (Å²) in [6.45, 7) is 0.739. The molecule has 5 heteroatoms. The van der Waals surface area contributed by atoms with E-state index < -0.39 is 0 Å². The average Bonchev–Trinajstić information content (AvgIpc) is 2.25. The third-order valence-corrected chi connectivity index (χ3v) is 3.17. The molecule has 3 nitrogen and oxygen atoms in total. The second-order valence-electron chi connectivity index (χ2n) is 3.05. The molecule has 82 valence electrons. The molecule has 0 bridgehead atoms. The van der Waals surface area contributed by atoms with E-state index in [-0.39, 0.29) is 5.91 Å². The third-order valence-electron chi connectivity index (χ3n) is 1.94. The summed E-state index contributed by atoms with van der Waals surface area (Å²) in [6.07, 6.45) is 3.65. The van der Waals surface area contributed by atoms with Gasteiger partial charge in [0.2, 0.25) is 0 Å². The van der Waals surface area contributed by atoms with Gasteiger partial charge < -0.3 is 4.90 Å². The van der Waals surface area contributed by atoms with Crippen molar-refractivity contribution in [2.24, 2.45) is 0 Å². The van der Waals surface area contributed by atoms with E-state index >= 15 is 0 Å². The zero-order valence-corrected chi connectivity index (χ0v) is 11.1. The lowest BCUT2D eigenvalue weighted by molar-refractivity contribution is 0.0797. The molecule has 0 unspecified atom stereocenters. The van der Waals surface area contributed by atoms with E-state index in [1.54, 1.807) is 36.0 Å². The van der Waals surface area contributed by atoms with Crippen LogP contribution in [-0.4, -0.2) is 41.4 Å². The van der Waals surface area contributed by atoms with E-state index in [0.29, 0.717) is 5.69 Å². The van der Waals surface area contributed by atoms with Crippen molar-refractivity contribution >= 4 is 33.6 Å². The molecule has 0 aromatic carbocycles. The van der Waals surface area contributed by atoms with Gasteiger partial charge in [0.15, 0.2) is 0 Å². The van der Waals surface area contributed by atoms with Gasteiger partial charge in [0.25, 0.3) is 5.91 Å². The molecule has 0 N–H and O–H groups in total. The lowest BCUT2D eigenvalue weighted by Gasteiger charge is -2.16. The second kappa shape index (κ2) is 6.12. The minimum absolute atomic E-state index is 0.0449. The summed E-state index contributed by atoms with van der Waals surface area (Å²) in [5.74, 6) is 0.892. The van der Waals surface area contributed by atoms with E-state index in [4.69, 9.17) is 0 Å². The lowest BCUT2D eigenvalue weighted by atomic mass is 10.3. The fourth-order valence-electron chi connectivity index (χ4n) is 1.05. The van der Waals surface area contributed by atoms with E-state index in [0.717, 1.165) is 16.8 Å². The number of rotatable bonds is 4. The summed E-state index contributed by atoms with van der Waals surface area (Å²) in [6, 6.07) is 3.62. The van der Waals surface area contributed by atoms with Crippen molar-refractivity contribution in [1.82, 2.24) is 9.88 Å². The molecule has 15 heavy (non-hydrogen) atoms. The Hall–Kier alpha value is -0.550. The van der Waals surface area contributed by atoms with E-state index in [1.165, 1.54) is 0 Å². The number of hydrogen-bond donors (Lipinski definition) is 0. The first-order valence-corrected chi connectivity index (χ1v) is 6.70. The summed E-state index contributed by atoms with van der Waals surface area (Å²) >= 11 is 5.04. The zero-order valence-electron chi connectivity index (χ0n) is 8.74. The Morgan fingerprint density at radius 2 is 2.40 bits per heavy atom. The van der Waals surface area contributed by atoms with Crippen molar-refractivity contribution in [3.05, 3.63) is 28.5 Å². The van der Waals surface area contributed by atoms with Crippen molar-refractivity contribution < 1.29 is 4.79 Å². The Morgan fingerprint density at radius 3 is 3.00 bits per heavy atom. The Labute approximate surface area is 102 Å². The number of nitrogens with zero attached hydrogens (tertiary/aromatic N) is 2. The monoisotopic (exact) mass is 288 g/mol. The molecule has 0 aliphatic rings. The number of aromatic nitrogens is 1. The Kier molecular flexibility index (Phi) is 5.11. The summed E-state index contributed by atoms with van der Waals surface area (Å²) in [5.41, 5.74) is 0.473. The van der Waals surface area contributed by atoms with Crippen LogP contribution in [0.15, 0.2) is 22.8 Å². The number of carbonyl (C=O) groups excluding carboxylic acids is 1. The summed E-state index contributed by atoms with van der Waals surface area (Å²) < 4.78 is 0.742. The van der Waals surface area contributed by atoms with E-state index in [9.17, 15) is 4.79 Å². The van der Waals surface area contributed by atoms with Crippen molar-refractivity contribution in [1.29, 1.82) is 0 Å². The van der Waals surface area contributed by atoms with Gasteiger partial charge in [-0.05, 0) is 34.3 Å². The molecular formula is C10H13BrN2OS. The smallest absolute Gasteiger partial charge is 0.273 e. The highest BCUT2D eigenvalue weighted by atomic mass is 79.9. The van der Waals surface area contributed by atoms with E-state index in [2.05, 4.69) is 20.9 Å². The number of thioether (sulfide) groups is 1. The van der Waals surface area contributed by atoms with Gasteiger partial charge in [-0.25, -0.2) is 4.98 Å². The quantitative estimate of drug-likeness (QED) is 0.852. The minimum atomic E-state index is -0.0449. The molecule has 1 aromatic heterocycles. The maximum Gasteiger partial charge on any atom is 0.273 e. The average molecular weight is 289 g/mol. The van der Waals surface area contributed by atoms with Crippen molar-refractivity contribution in [2.75, 3.05) is 25.6 Å². The number of pyridine rings is 1. The van der Waals surface area contributed by atoms with Crippen LogP contribution >= 0.6 is 27.7 Å². The molecule has 1 amide bonds. The lowest BCUT2D eigenvalue weighted by Crippen LogP contribution is -2.29. The molecular weight excluding hydrogens is 276 g/mol. The maximum absolute atomic E-state index is 11.9. The highest BCUT2D eigenvalue weighted by Gasteiger charge is 2.15. The number of halogens is 1. The van der Waals surface area contributed by atoms with Crippen LogP contribution in [-0.2, 0) is 0 Å². The molecule has 0 aliphatic carbocycles. The predicted molar refractivity (Wildman–Crippen MR) is 67.3 cm³/mol. The van der Waals surface area contributed by atoms with Crippen LogP contribution in [0.4, 0.5) is 0 Å². The van der Waals surface area contributed by atoms with Gasteiger partial charge in [-0.2, -0.15) is 11.8 Å². The normalized spacial score (nSPS) is 10.1. The summed E-state index contributed by atoms with van der Waals surface area (Å²) in [7, 11) is 1.79. The molecule has 0 spiro atoms. The number of hydrogen-bond acceptors (Lipinski definition) is 3. The van der Waals surface area contributed by atoms with Gasteiger partial charge >= 0.3 is 0 Å². The Balaban J connectivity index is 2.72. The fourth-order valence-corrected chi connectivity index (χ4v) is 1.93. The van der Waals surface area contributed by atoms with Crippen LogP contribution in [0.1, 0.15) is 10.5 Å². The largest absolute Gasteiger partial charge is 0.340 e. The highest BCUT2D eigenvalue weighted by Crippen LogP contribution is 2.14. The van der Waals surface area contributed by atoms with Gasteiger partial charge in [-0.3, -0.25) is 4.79 Å². The first-order valence-electron chi connectivity index (χ1n) is 4.51. The second-order valence-corrected chi connectivity index (χ2v) is 4.89. The van der Waals surface area contributed by atoms with Crippen LogP contribution in [0.25, 0.3) is 0 Å². The molecule has 1 heterocycles. The topological polar surface area (TPSA) is 33.2 Å². The van der Waals surface area contributed by atoms with Crippen molar-refractivity contribution in [3.8, 4) is 0 Å². The number of amides is 1. The van der Waals surface area contributed by atoms with Crippen LogP contribution < -0.4 is 0 Å². The SMILES string of the molecule is CSCCN(C)C(=O)c1ncccc1Br. The molecule has 0 atom stereocenters. The first-order chi connectivity index (χ1) is 7.16. The fraction of sp³-hybridized carbons (Fsp3) is 0.400. The number of carbonyl (C=O) groups is 1. The summed E-state index contributed by atoms with van der Waals surface area (Å²) in [5, 5.41) is 0. The first kappa shape index (κ1) is 12.5.